The predicted octanol–water partition coefficient (Wildman–Crippen LogP) is 2.34. The van der Waals surface area contributed by atoms with Gasteiger partial charge in [0.2, 0.25) is 0 Å². The highest BCUT2D eigenvalue weighted by atomic mass is 32.2. The molecule has 0 spiro atoms. The Bertz CT molecular complexity index is 554. The van der Waals surface area contributed by atoms with Crippen LogP contribution in [0.1, 0.15) is 10.5 Å². The number of benzene rings is 1. The maximum atomic E-state index is 11.9. The average molecular weight is 274 g/mol. The van der Waals surface area contributed by atoms with Crippen LogP contribution < -0.4 is 16.6 Å². The van der Waals surface area contributed by atoms with E-state index in [1.54, 1.807) is 23.9 Å². The number of hydrogen-bond donors (Lipinski definition) is 3. The molecule has 1 heterocycles. The fourth-order valence-corrected chi connectivity index (χ4v) is 1.89. The topological polar surface area (TPSA) is 80.0 Å². The molecular formula is C13H14N4OS. The van der Waals surface area contributed by atoms with Gasteiger partial charge in [0.25, 0.3) is 5.91 Å². The maximum Gasteiger partial charge on any atom is 0.274 e. The summed E-state index contributed by atoms with van der Waals surface area (Å²) in [5.74, 6) is 4.98. The molecule has 0 saturated heterocycles. The lowest BCUT2D eigenvalue weighted by Gasteiger charge is -2.06. The number of nitrogens with zero attached hydrogens (tertiary/aromatic N) is 1. The largest absolute Gasteiger partial charge is 0.323 e. The van der Waals surface area contributed by atoms with Gasteiger partial charge in [-0.1, -0.05) is 0 Å². The molecule has 2 aromatic rings. The third kappa shape index (κ3) is 3.46. The molecule has 0 aliphatic heterocycles. The molecule has 4 N–H and O–H groups in total. The molecule has 0 fully saturated rings. The van der Waals surface area contributed by atoms with Crippen molar-refractivity contribution in [1.29, 1.82) is 0 Å². The first-order valence-corrected chi connectivity index (χ1v) is 6.83. The summed E-state index contributed by atoms with van der Waals surface area (Å²) in [5.41, 5.74) is 4.19. The highest BCUT2D eigenvalue weighted by molar-refractivity contribution is 7.98. The Morgan fingerprint density at radius 2 is 1.84 bits per heavy atom. The van der Waals surface area contributed by atoms with E-state index in [2.05, 4.69) is 15.7 Å². The normalized spacial score (nSPS) is 10.0. The van der Waals surface area contributed by atoms with E-state index in [1.807, 2.05) is 30.5 Å². The molecule has 5 nitrogen and oxygen atoms in total. The zero-order valence-corrected chi connectivity index (χ0v) is 11.2. The number of thioether (sulfide) groups is 1. The number of hydrazine groups is 1. The van der Waals surface area contributed by atoms with Crippen LogP contribution in [-0.4, -0.2) is 17.1 Å². The Balaban J connectivity index is 2.06. The second kappa shape index (κ2) is 6.21. The maximum absolute atomic E-state index is 11.9. The van der Waals surface area contributed by atoms with Crippen molar-refractivity contribution >= 4 is 29.0 Å². The molecule has 0 radical (unpaired) electrons. The third-order valence-electron chi connectivity index (χ3n) is 2.51. The van der Waals surface area contributed by atoms with Gasteiger partial charge >= 0.3 is 0 Å². The second-order valence-corrected chi connectivity index (χ2v) is 4.64. The van der Waals surface area contributed by atoms with Crippen molar-refractivity contribution in [2.24, 2.45) is 5.84 Å². The molecule has 0 atom stereocenters. The Morgan fingerprint density at radius 1 is 1.16 bits per heavy atom. The van der Waals surface area contributed by atoms with Gasteiger partial charge in [-0.3, -0.25) is 10.6 Å². The van der Waals surface area contributed by atoms with Crippen molar-refractivity contribution in [3.05, 3.63) is 48.3 Å². The molecule has 0 unspecified atom stereocenters. The summed E-state index contributed by atoms with van der Waals surface area (Å²) in [7, 11) is 0. The average Bonchev–Trinajstić information content (AvgIpc) is 2.48. The second-order valence-electron chi connectivity index (χ2n) is 3.76. The van der Waals surface area contributed by atoms with Crippen LogP contribution in [-0.2, 0) is 0 Å². The number of pyridine rings is 1. The smallest absolute Gasteiger partial charge is 0.274 e. The van der Waals surface area contributed by atoms with Crippen LogP contribution in [0, 0.1) is 0 Å². The standard InChI is InChI=1S/C13H14N4OS/c1-19-11-5-2-9(3-6-11)16-13(18)12-7-4-10(17-14)8-15-12/h2-8,17H,14H2,1H3,(H,16,18). The molecule has 0 aliphatic rings. The van der Waals surface area contributed by atoms with Crippen molar-refractivity contribution in [3.63, 3.8) is 0 Å². The number of nitrogens with two attached hydrogens (primary N) is 1. The number of carbonyl (C=O) groups is 1. The fourth-order valence-electron chi connectivity index (χ4n) is 1.48. The van der Waals surface area contributed by atoms with Crippen LogP contribution in [0.4, 0.5) is 11.4 Å². The monoisotopic (exact) mass is 274 g/mol. The molecule has 98 valence electrons. The van der Waals surface area contributed by atoms with E-state index in [9.17, 15) is 4.79 Å². The lowest BCUT2D eigenvalue weighted by molar-refractivity contribution is 0.102. The highest BCUT2D eigenvalue weighted by Gasteiger charge is 2.07. The van der Waals surface area contributed by atoms with Crippen molar-refractivity contribution < 1.29 is 4.79 Å². The summed E-state index contributed by atoms with van der Waals surface area (Å²) in [6.45, 7) is 0. The number of nitrogens with one attached hydrogen (secondary N) is 2. The number of hydrogen-bond acceptors (Lipinski definition) is 5. The summed E-state index contributed by atoms with van der Waals surface area (Å²) < 4.78 is 0. The number of rotatable bonds is 4. The minimum absolute atomic E-state index is 0.250. The first kappa shape index (κ1) is 13.4. The SMILES string of the molecule is CSc1ccc(NC(=O)c2ccc(NN)cn2)cc1. The number of amides is 1. The fraction of sp³-hybridized carbons (Fsp3) is 0.0769. The molecule has 1 aromatic heterocycles. The van der Waals surface area contributed by atoms with E-state index in [0.717, 1.165) is 10.6 Å². The van der Waals surface area contributed by atoms with Crippen LogP contribution in [0.15, 0.2) is 47.5 Å². The van der Waals surface area contributed by atoms with Crippen molar-refractivity contribution in [2.45, 2.75) is 4.90 Å². The molecule has 0 bridgehead atoms. The third-order valence-corrected chi connectivity index (χ3v) is 3.25. The summed E-state index contributed by atoms with van der Waals surface area (Å²) in [5, 5.41) is 2.78. The van der Waals surface area contributed by atoms with Gasteiger partial charge in [0.05, 0.1) is 11.9 Å². The Labute approximate surface area is 115 Å². The van der Waals surface area contributed by atoms with E-state index in [0.29, 0.717) is 11.4 Å². The van der Waals surface area contributed by atoms with Crippen LogP contribution in [0.25, 0.3) is 0 Å². The van der Waals surface area contributed by atoms with Crippen LogP contribution in [0.2, 0.25) is 0 Å². The molecule has 0 saturated carbocycles. The van der Waals surface area contributed by atoms with Crippen LogP contribution in [0.5, 0.6) is 0 Å². The Kier molecular flexibility index (Phi) is 4.38. The van der Waals surface area contributed by atoms with Gasteiger partial charge in [0.15, 0.2) is 0 Å². The molecule has 1 aromatic carbocycles. The highest BCUT2D eigenvalue weighted by Crippen LogP contribution is 2.17. The van der Waals surface area contributed by atoms with Crippen molar-refractivity contribution in [1.82, 2.24) is 4.98 Å². The molecule has 0 aliphatic carbocycles. The van der Waals surface area contributed by atoms with E-state index >= 15 is 0 Å². The van der Waals surface area contributed by atoms with Gasteiger partial charge in [-0.25, -0.2) is 4.98 Å². The minimum Gasteiger partial charge on any atom is -0.323 e. The zero-order chi connectivity index (χ0) is 13.7. The van der Waals surface area contributed by atoms with E-state index in [-0.39, 0.29) is 5.91 Å². The van der Waals surface area contributed by atoms with Gasteiger partial charge in [-0.05, 0) is 42.7 Å². The number of carbonyl (C=O) groups excluding carboxylic acids is 1. The quantitative estimate of drug-likeness (QED) is 0.453. The van der Waals surface area contributed by atoms with Crippen LogP contribution >= 0.6 is 11.8 Å². The van der Waals surface area contributed by atoms with Gasteiger partial charge < -0.3 is 10.7 Å². The molecule has 6 heteroatoms. The number of nitrogen functional groups attached to an aromatic ring is 1. The molecular weight excluding hydrogens is 260 g/mol. The Morgan fingerprint density at radius 3 is 2.37 bits per heavy atom. The molecule has 19 heavy (non-hydrogen) atoms. The number of aromatic nitrogens is 1. The van der Waals surface area contributed by atoms with E-state index in [1.165, 1.54) is 6.20 Å². The van der Waals surface area contributed by atoms with E-state index in [4.69, 9.17) is 5.84 Å². The summed E-state index contributed by atoms with van der Waals surface area (Å²) in [6, 6.07) is 10.9. The van der Waals surface area contributed by atoms with Crippen LogP contribution in [0.3, 0.4) is 0 Å². The summed E-state index contributed by atoms with van der Waals surface area (Å²) in [4.78, 5) is 17.1. The van der Waals surface area contributed by atoms with Gasteiger partial charge in [-0.2, -0.15) is 0 Å². The zero-order valence-electron chi connectivity index (χ0n) is 10.4. The van der Waals surface area contributed by atoms with Gasteiger partial charge in [-0.15, -0.1) is 11.8 Å². The van der Waals surface area contributed by atoms with Crippen molar-refractivity contribution in [2.75, 3.05) is 17.0 Å². The van der Waals surface area contributed by atoms with Gasteiger partial charge in [0, 0.05) is 10.6 Å². The number of anilines is 2. The van der Waals surface area contributed by atoms with E-state index < -0.39 is 0 Å². The first-order chi connectivity index (χ1) is 9.22. The van der Waals surface area contributed by atoms with Crippen molar-refractivity contribution in [3.8, 4) is 0 Å². The molecule has 1 amide bonds. The summed E-state index contributed by atoms with van der Waals surface area (Å²) in [6.07, 6.45) is 3.51. The lowest BCUT2D eigenvalue weighted by Crippen LogP contribution is -2.14. The summed E-state index contributed by atoms with van der Waals surface area (Å²) >= 11 is 1.65. The molecule has 2 rings (SSSR count). The minimum atomic E-state index is -0.250. The lowest BCUT2D eigenvalue weighted by atomic mass is 10.3. The Hall–Kier alpha value is -2.05. The predicted molar refractivity (Wildman–Crippen MR) is 78.2 cm³/mol. The first-order valence-electron chi connectivity index (χ1n) is 5.61. The van der Waals surface area contributed by atoms with Gasteiger partial charge in [0.1, 0.15) is 5.69 Å².